The van der Waals surface area contributed by atoms with E-state index in [9.17, 15) is 14.7 Å². The van der Waals surface area contributed by atoms with Gasteiger partial charge in [-0.3, -0.25) is 14.4 Å². The van der Waals surface area contributed by atoms with Crippen LogP contribution in [0.25, 0.3) is 0 Å². The number of phenolic OH excluding ortho intramolecular Hbond substituents is 1. The lowest BCUT2D eigenvalue weighted by Crippen LogP contribution is -2.35. The van der Waals surface area contributed by atoms with Gasteiger partial charge in [-0.1, -0.05) is 62.2 Å². The van der Waals surface area contributed by atoms with Crippen LogP contribution in [0.2, 0.25) is 0 Å². The van der Waals surface area contributed by atoms with Crippen molar-refractivity contribution >= 4 is 12.3 Å². The zero-order chi connectivity index (χ0) is 21.3. The van der Waals surface area contributed by atoms with E-state index in [1.807, 2.05) is 47.4 Å². The van der Waals surface area contributed by atoms with Gasteiger partial charge in [0.2, 0.25) is 12.3 Å². The third-order valence-corrected chi connectivity index (χ3v) is 5.63. The summed E-state index contributed by atoms with van der Waals surface area (Å²) in [7, 11) is 0. The predicted octanol–water partition coefficient (Wildman–Crippen LogP) is 3.75. The molecule has 1 heterocycles. The van der Waals surface area contributed by atoms with Crippen molar-refractivity contribution < 1.29 is 19.5 Å². The molecule has 2 unspecified atom stereocenters. The molecule has 1 N–H and O–H groups in total. The molecule has 1 aliphatic heterocycles. The van der Waals surface area contributed by atoms with Gasteiger partial charge in [-0.15, -0.1) is 0 Å². The number of hydroxylamine groups is 2. The SMILES string of the molecule is CCCCC1CN(Cc2ccc(O)cc2)C(=O)C1CN(C=O)OCc1ccccc1. The Bertz CT molecular complexity index is 810. The molecule has 2 aromatic carbocycles. The van der Waals surface area contributed by atoms with Gasteiger partial charge in [0.1, 0.15) is 12.4 Å². The molecule has 160 valence electrons. The number of amides is 2. The van der Waals surface area contributed by atoms with E-state index >= 15 is 0 Å². The van der Waals surface area contributed by atoms with Crippen LogP contribution in [0.15, 0.2) is 54.6 Å². The standard InChI is InChI=1S/C24H30N2O4/c1-2-3-9-21-15-25(14-19-10-12-22(28)13-11-19)24(29)23(21)16-26(18-27)30-17-20-7-5-4-6-8-20/h4-8,10-13,18,21,23,28H,2-3,9,14-17H2,1H3. The van der Waals surface area contributed by atoms with Gasteiger partial charge in [0.25, 0.3) is 0 Å². The molecule has 1 saturated heterocycles. The number of benzene rings is 2. The lowest BCUT2D eigenvalue weighted by Gasteiger charge is -2.23. The van der Waals surface area contributed by atoms with Gasteiger partial charge < -0.3 is 10.0 Å². The number of hydrogen-bond acceptors (Lipinski definition) is 4. The van der Waals surface area contributed by atoms with Gasteiger partial charge in [-0.25, -0.2) is 5.06 Å². The van der Waals surface area contributed by atoms with E-state index in [-0.39, 0.29) is 36.6 Å². The first-order valence-corrected chi connectivity index (χ1v) is 10.6. The minimum atomic E-state index is -0.269. The summed E-state index contributed by atoms with van der Waals surface area (Å²) in [6, 6.07) is 16.6. The van der Waals surface area contributed by atoms with Gasteiger partial charge in [0, 0.05) is 13.1 Å². The Kier molecular flexibility index (Phi) is 7.85. The van der Waals surface area contributed by atoms with Gasteiger partial charge >= 0.3 is 0 Å². The van der Waals surface area contributed by atoms with Crippen molar-refractivity contribution in [1.29, 1.82) is 0 Å². The zero-order valence-electron chi connectivity index (χ0n) is 17.4. The summed E-state index contributed by atoms with van der Waals surface area (Å²) in [4.78, 5) is 32.3. The average Bonchev–Trinajstić information content (AvgIpc) is 3.06. The van der Waals surface area contributed by atoms with Crippen molar-refractivity contribution in [3.63, 3.8) is 0 Å². The molecule has 2 atom stereocenters. The molecule has 3 rings (SSSR count). The molecule has 0 saturated carbocycles. The summed E-state index contributed by atoms with van der Waals surface area (Å²) in [6.07, 6.45) is 3.73. The number of phenols is 1. The molecule has 2 aromatic rings. The van der Waals surface area contributed by atoms with Crippen molar-refractivity contribution in [2.24, 2.45) is 11.8 Å². The second-order valence-electron chi connectivity index (χ2n) is 7.86. The molecular formula is C24H30N2O4. The molecule has 6 heteroatoms. The van der Waals surface area contributed by atoms with Crippen molar-refractivity contribution in [2.75, 3.05) is 13.1 Å². The van der Waals surface area contributed by atoms with Crippen molar-refractivity contribution in [3.05, 3.63) is 65.7 Å². The second-order valence-corrected chi connectivity index (χ2v) is 7.86. The van der Waals surface area contributed by atoms with Gasteiger partial charge in [0.15, 0.2) is 0 Å². The maximum Gasteiger partial charge on any atom is 0.233 e. The number of unbranched alkanes of at least 4 members (excludes halogenated alkanes) is 1. The van der Waals surface area contributed by atoms with Gasteiger partial charge in [0.05, 0.1) is 12.5 Å². The molecule has 1 aliphatic rings. The normalized spacial score (nSPS) is 18.6. The Labute approximate surface area is 178 Å². The Morgan fingerprint density at radius 1 is 1.13 bits per heavy atom. The number of nitrogens with zero attached hydrogens (tertiary/aromatic N) is 2. The second kappa shape index (κ2) is 10.8. The fourth-order valence-corrected chi connectivity index (χ4v) is 3.94. The largest absolute Gasteiger partial charge is 0.508 e. The number of hydrogen-bond donors (Lipinski definition) is 1. The first kappa shape index (κ1) is 21.8. The predicted molar refractivity (Wildman–Crippen MR) is 114 cm³/mol. The molecule has 0 aliphatic carbocycles. The topological polar surface area (TPSA) is 70.1 Å². The molecular weight excluding hydrogens is 380 g/mol. The fraction of sp³-hybridized carbons (Fsp3) is 0.417. The van der Waals surface area contributed by atoms with Crippen LogP contribution in [0.3, 0.4) is 0 Å². The third-order valence-electron chi connectivity index (χ3n) is 5.63. The van der Waals surface area contributed by atoms with Crippen LogP contribution in [-0.4, -0.2) is 40.5 Å². The number of rotatable bonds is 11. The zero-order valence-corrected chi connectivity index (χ0v) is 17.4. The quantitative estimate of drug-likeness (QED) is 0.452. The van der Waals surface area contributed by atoms with E-state index in [0.29, 0.717) is 19.5 Å². The smallest absolute Gasteiger partial charge is 0.233 e. The van der Waals surface area contributed by atoms with E-state index < -0.39 is 0 Å². The lowest BCUT2D eigenvalue weighted by atomic mass is 9.90. The van der Waals surface area contributed by atoms with E-state index in [4.69, 9.17) is 4.84 Å². The number of aromatic hydroxyl groups is 1. The summed E-state index contributed by atoms with van der Waals surface area (Å²) in [6.45, 7) is 3.87. The van der Waals surface area contributed by atoms with Crippen molar-refractivity contribution in [3.8, 4) is 5.75 Å². The highest BCUT2D eigenvalue weighted by atomic mass is 16.7. The Morgan fingerprint density at radius 2 is 1.87 bits per heavy atom. The minimum absolute atomic E-state index is 0.0549. The maximum atomic E-state index is 13.2. The van der Waals surface area contributed by atoms with Crippen LogP contribution in [0.5, 0.6) is 5.75 Å². The summed E-state index contributed by atoms with van der Waals surface area (Å²) >= 11 is 0. The summed E-state index contributed by atoms with van der Waals surface area (Å²) in [5.41, 5.74) is 1.95. The Morgan fingerprint density at radius 3 is 2.53 bits per heavy atom. The van der Waals surface area contributed by atoms with Gasteiger partial charge in [-0.05, 0) is 35.6 Å². The van der Waals surface area contributed by atoms with Crippen LogP contribution >= 0.6 is 0 Å². The number of likely N-dealkylation sites (tertiary alicyclic amines) is 1. The van der Waals surface area contributed by atoms with E-state index in [0.717, 1.165) is 30.4 Å². The molecule has 6 nitrogen and oxygen atoms in total. The minimum Gasteiger partial charge on any atom is -0.508 e. The number of carbonyl (C=O) groups excluding carboxylic acids is 2. The van der Waals surface area contributed by atoms with Crippen molar-refractivity contribution in [2.45, 2.75) is 39.3 Å². The first-order valence-electron chi connectivity index (χ1n) is 10.6. The number of carbonyl (C=O) groups is 2. The van der Waals surface area contributed by atoms with E-state index in [1.165, 1.54) is 5.06 Å². The maximum absolute atomic E-state index is 13.2. The van der Waals surface area contributed by atoms with Crippen LogP contribution in [0.4, 0.5) is 0 Å². The van der Waals surface area contributed by atoms with Crippen LogP contribution in [0, 0.1) is 11.8 Å². The van der Waals surface area contributed by atoms with Crippen LogP contribution < -0.4 is 0 Å². The molecule has 0 bridgehead atoms. The molecule has 2 amide bonds. The highest BCUT2D eigenvalue weighted by Crippen LogP contribution is 2.31. The lowest BCUT2D eigenvalue weighted by molar-refractivity contribution is -0.182. The Hall–Kier alpha value is -2.86. The van der Waals surface area contributed by atoms with E-state index in [2.05, 4.69) is 6.92 Å². The Balaban J connectivity index is 1.65. The highest BCUT2D eigenvalue weighted by molar-refractivity contribution is 5.82. The summed E-state index contributed by atoms with van der Waals surface area (Å²) < 4.78 is 0. The summed E-state index contributed by atoms with van der Waals surface area (Å²) in [5, 5.41) is 10.7. The molecule has 0 radical (unpaired) electrons. The van der Waals surface area contributed by atoms with Crippen molar-refractivity contribution in [1.82, 2.24) is 9.96 Å². The molecule has 0 aromatic heterocycles. The fourth-order valence-electron chi connectivity index (χ4n) is 3.94. The first-order chi connectivity index (χ1) is 14.6. The molecule has 0 spiro atoms. The average molecular weight is 411 g/mol. The van der Waals surface area contributed by atoms with Gasteiger partial charge in [-0.2, -0.15) is 0 Å². The molecule has 30 heavy (non-hydrogen) atoms. The van der Waals surface area contributed by atoms with Crippen LogP contribution in [-0.2, 0) is 27.6 Å². The summed E-state index contributed by atoms with van der Waals surface area (Å²) in [5.74, 6) is 0.189. The highest BCUT2D eigenvalue weighted by Gasteiger charge is 2.40. The third kappa shape index (κ3) is 5.83. The molecule has 1 fully saturated rings. The van der Waals surface area contributed by atoms with E-state index in [1.54, 1.807) is 12.1 Å². The monoisotopic (exact) mass is 410 g/mol. The van der Waals surface area contributed by atoms with Crippen LogP contribution in [0.1, 0.15) is 37.3 Å².